The highest BCUT2D eigenvalue weighted by molar-refractivity contribution is 5.80. The van der Waals surface area contributed by atoms with Crippen LogP contribution in [0, 0.1) is 0 Å². The second kappa shape index (κ2) is 8.15. The molecule has 25 heavy (non-hydrogen) atoms. The molecule has 1 N–H and O–H groups in total. The number of rotatable bonds is 6. The summed E-state index contributed by atoms with van der Waals surface area (Å²) in [6, 6.07) is 1.34. The maximum atomic E-state index is 12.6. The Morgan fingerprint density at radius 1 is 1.36 bits per heavy atom. The molecule has 0 aromatic carbocycles. The normalized spacial score (nSPS) is 17.3. The van der Waals surface area contributed by atoms with Gasteiger partial charge in [0.15, 0.2) is 6.61 Å². The maximum Gasteiger partial charge on any atom is 0.417 e. The molecule has 1 fully saturated rings. The number of aromatic nitrogens is 1. The van der Waals surface area contributed by atoms with Gasteiger partial charge in [-0.15, -0.1) is 0 Å². The molecule has 1 aliphatic heterocycles. The van der Waals surface area contributed by atoms with Crippen LogP contribution < -0.4 is 10.9 Å². The van der Waals surface area contributed by atoms with Crippen LogP contribution in [-0.4, -0.2) is 42.3 Å². The summed E-state index contributed by atoms with van der Waals surface area (Å²) in [4.78, 5) is 34.7. The Labute approximate surface area is 140 Å². The van der Waals surface area contributed by atoms with Gasteiger partial charge in [-0.2, -0.15) is 13.2 Å². The lowest BCUT2D eigenvalue weighted by atomic mass is 10.2. The largest absolute Gasteiger partial charge is 0.454 e. The highest BCUT2D eigenvalue weighted by atomic mass is 19.4. The summed E-state index contributed by atoms with van der Waals surface area (Å²) in [5.74, 6) is -1.55. The van der Waals surface area contributed by atoms with Crippen LogP contribution in [0.5, 0.6) is 0 Å². The van der Waals surface area contributed by atoms with Crippen molar-refractivity contribution < 1.29 is 32.2 Å². The molecular formula is C15H17F3N2O5. The van der Waals surface area contributed by atoms with Crippen LogP contribution >= 0.6 is 0 Å². The Bertz CT molecular complexity index is 680. The first-order chi connectivity index (χ1) is 11.8. The van der Waals surface area contributed by atoms with E-state index in [0.717, 1.165) is 12.8 Å². The molecule has 0 aliphatic carbocycles. The van der Waals surface area contributed by atoms with Crippen molar-refractivity contribution in [1.82, 2.24) is 9.88 Å². The number of amides is 1. The van der Waals surface area contributed by atoms with Crippen molar-refractivity contribution in [2.75, 3.05) is 19.8 Å². The van der Waals surface area contributed by atoms with Gasteiger partial charge in [-0.25, -0.2) is 0 Å². The second-order valence-electron chi connectivity index (χ2n) is 5.48. The fourth-order valence-corrected chi connectivity index (χ4v) is 2.24. The Kier molecular flexibility index (Phi) is 6.18. The van der Waals surface area contributed by atoms with Crippen LogP contribution in [0.2, 0.25) is 0 Å². The number of hydrogen-bond acceptors (Lipinski definition) is 5. The number of pyridine rings is 1. The van der Waals surface area contributed by atoms with Gasteiger partial charge in [0, 0.05) is 25.4 Å². The van der Waals surface area contributed by atoms with Gasteiger partial charge in [0.2, 0.25) is 0 Å². The van der Waals surface area contributed by atoms with Crippen LogP contribution in [0.25, 0.3) is 0 Å². The average molecular weight is 362 g/mol. The summed E-state index contributed by atoms with van der Waals surface area (Å²) in [5, 5.41) is 2.53. The number of ether oxygens (including phenoxy) is 2. The summed E-state index contributed by atoms with van der Waals surface area (Å²) in [5.41, 5.74) is -1.85. The molecule has 1 atom stereocenters. The molecule has 0 saturated carbocycles. The zero-order valence-electron chi connectivity index (χ0n) is 13.2. The molecule has 1 aliphatic rings. The van der Waals surface area contributed by atoms with E-state index in [1.54, 1.807) is 0 Å². The van der Waals surface area contributed by atoms with Gasteiger partial charge in [0.05, 0.1) is 11.7 Å². The number of nitrogens with zero attached hydrogens (tertiary/aromatic N) is 1. The molecule has 0 bridgehead atoms. The zero-order valence-corrected chi connectivity index (χ0v) is 13.2. The molecule has 2 rings (SSSR count). The molecule has 138 valence electrons. The van der Waals surface area contributed by atoms with Crippen LogP contribution in [0.1, 0.15) is 18.4 Å². The molecule has 0 radical (unpaired) electrons. The van der Waals surface area contributed by atoms with E-state index in [9.17, 15) is 27.6 Å². The smallest absolute Gasteiger partial charge is 0.417 e. The minimum Gasteiger partial charge on any atom is -0.454 e. The van der Waals surface area contributed by atoms with Crippen molar-refractivity contribution in [3.63, 3.8) is 0 Å². The van der Waals surface area contributed by atoms with Crippen molar-refractivity contribution in [2.24, 2.45) is 0 Å². The fourth-order valence-electron chi connectivity index (χ4n) is 2.24. The number of esters is 1. The highest BCUT2D eigenvalue weighted by Gasteiger charge is 2.31. The second-order valence-corrected chi connectivity index (χ2v) is 5.48. The van der Waals surface area contributed by atoms with Gasteiger partial charge < -0.3 is 19.4 Å². The summed E-state index contributed by atoms with van der Waals surface area (Å²) < 4.78 is 48.4. The number of alkyl halides is 3. The van der Waals surface area contributed by atoms with Crippen LogP contribution in [-0.2, 0) is 31.8 Å². The van der Waals surface area contributed by atoms with E-state index in [2.05, 4.69) is 10.1 Å². The Morgan fingerprint density at radius 2 is 2.12 bits per heavy atom. The van der Waals surface area contributed by atoms with Crippen molar-refractivity contribution in [1.29, 1.82) is 0 Å². The topological polar surface area (TPSA) is 86.6 Å². The van der Waals surface area contributed by atoms with Crippen molar-refractivity contribution in [3.8, 4) is 0 Å². The van der Waals surface area contributed by atoms with Gasteiger partial charge in [-0.3, -0.25) is 14.4 Å². The third-order valence-corrected chi connectivity index (χ3v) is 3.53. The third kappa shape index (κ3) is 5.89. The molecular weight excluding hydrogens is 345 g/mol. The fraction of sp³-hybridized carbons (Fsp3) is 0.533. The molecule has 0 spiro atoms. The lowest BCUT2D eigenvalue weighted by molar-refractivity contribution is -0.149. The Morgan fingerprint density at radius 3 is 2.76 bits per heavy atom. The average Bonchev–Trinajstić information content (AvgIpc) is 3.05. The Hall–Kier alpha value is -2.36. The first kappa shape index (κ1) is 19.0. The van der Waals surface area contributed by atoms with Gasteiger partial charge in [0.1, 0.15) is 6.54 Å². The van der Waals surface area contributed by atoms with Gasteiger partial charge >= 0.3 is 12.1 Å². The molecule has 1 amide bonds. The molecule has 1 unspecified atom stereocenters. The lowest BCUT2D eigenvalue weighted by Crippen LogP contribution is -2.35. The van der Waals surface area contributed by atoms with Crippen molar-refractivity contribution in [3.05, 3.63) is 34.2 Å². The number of nitrogens with one attached hydrogen (secondary N) is 1. The quantitative estimate of drug-likeness (QED) is 0.753. The van der Waals surface area contributed by atoms with E-state index in [1.807, 2.05) is 0 Å². The van der Waals surface area contributed by atoms with E-state index in [1.165, 1.54) is 0 Å². The van der Waals surface area contributed by atoms with E-state index in [0.29, 0.717) is 36.0 Å². The lowest BCUT2D eigenvalue weighted by Gasteiger charge is -2.12. The van der Waals surface area contributed by atoms with E-state index in [-0.39, 0.29) is 6.10 Å². The van der Waals surface area contributed by atoms with Gasteiger partial charge in [-0.05, 0) is 18.9 Å². The number of carbonyl (C=O) groups is 2. The van der Waals surface area contributed by atoms with Gasteiger partial charge in [0.25, 0.3) is 11.5 Å². The number of hydrogen-bond donors (Lipinski definition) is 1. The molecule has 1 aromatic heterocycles. The number of carbonyl (C=O) groups excluding carboxylic acids is 2. The van der Waals surface area contributed by atoms with Crippen LogP contribution in [0.3, 0.4) is 0 Å². The predicted molar refractivity (Wildman–Crippen MR) is 78.6 cm³/mol. The highest BCUT2D eigenvalue weighted by Crippen LogP contribution is 2.27. The zero-order chi connectivity index (χ0) is 18.4. The predicted octanol–water partition coefficient (Wildman–Crippen LogP) is 0.705. The van der Waals surface area contributed by atoms with E-state index >= 15 is 0 Å². The monoisotopic (exact) mass is 362 g/mol. The summed E-state index contributed by atoms with van der Waals surface area (Å²) >= 11 is 0. The van der Waals surface area contributed by atoms with Crippen LogP contribution in [0.15, 0.2) is 23.1 Å². The molecule has 1 aromatic rings. The molecule has 2 heterocycles. The van der Waals surface area contributed by atoms with E-state index < -0.39 is 42.3 Å². The van der Waals surface area contributed by atoms with Gasteiger partial charge in [-0.1, -0.05) is 0 Å². The standard InChI is InChI=1S/C15H17F3N2O5/c16-15(17,18)10-3-4-13(22)20(7-10)8-14(23)25-9-12(21)19-6-11-2-1-5-24-11/h3-4,7,11H,1-2,5-6,8-9H2,(H,19,21). The molecule has 7 nitrogen and oxygen atoms in total. The molecule has 1 saturated heterocycles. The first-order valence-electron chi connectivity index (χ1n) is 7.57. The SMILES string of the molecule is O=C(COC(=O)Cn1cc(C(F)(F)F)ccc1=O)NCC1CCCO1. The minimum atomic E-state index is -4.64. The Balaban J connectivity index is 1.81. The van der Waals surface area contributed by atoms with Crippen LogP contribution in [0.4, 0.5) is 13.2 Å². The van der Waals surface area contributed by atoms with E-state index in [4.69, 9.17) is 4.74 Å². The minimum absolute atomic E-state index is 0.0664. The summed E-state index contributed by atoms with van der Waals surface area (Å²) in [6.45, 7) is -0.369. The van der Waals surface area contributed by atoms with Crippen molar-refractivity contribution >= 4 is 11.9 Å². The van der Waals surface area contributed by atoms with Crippen molar-refractivity contribution in [2.45, 2.75) is 31.7 Å². The first-order valence-corrected chi connectivity index (χ1v) is 7.57. The maximum absolute atomic E-state index is 12.6. The summed E-state index contributed by atoms with van der Waals surface area (Å²) in [6.07, 6.45) is -2.43. The summed E-state index contributed by atoms with van der Waals surface area (Å²) in [7, 11) is 0. The molecule has 10 heteroatoms. The number of halogens is 3. The third-order valence-electron chi connectivity index (χ3n) is 3.53.